The second kappa shape index (κ2) is 6.87. The average molecular weight is 267 g/mol. The highest BCUT2D eigenvalue weighted by molar-refractivity contribution is 5.56. The van der Waals surface area contributed by atoms with Gasteiger partial charge in [-0.2, -0.15) is 0 Å². The molecule has 19 heavy (non-hydrogen) atoms. The summed E-state index contributed by atoms with van der Waals surface area (Å²) in [4.78, 5) is 10.4. The minimum atomic E-state index is -0.779. The van der Waals surface area contributed by atoms with Crippen LogP contribution in [-0.2, 0) is 9.53 Å². The van der Waals surface area contributed by atoms with E-state index in [4.69, 9.17) is 14.2 Å². The van der Waals surface area contributed by atoms with Crippen molar-refractivity contribution in [3.05, 3.63) is 18.2 Å². The fourth-order valence-corrected chi connectivity index (χ4v) is 1.63. The zero-order valence-corrected chi connectivity index (χ0v) is 11.9. The summed E-state index contributed by atoms with van der Waals surface area (Å²) in [5.41, 5.74) is 0.0111. The summed E-state index contributed by atoms with van der Waals surface area (Å²) < 4.78 is 16.0. The fraction of sp³-hybridized carbons (Fsp3) is 0.500. The van der Waals surface area contributed by atoms with Gasteiger partial charge in [0.1, 0.15) is 0 Å². The molecule has 106 valence electrons. The molecule has 0 aliphatic rings. The molecule has 1 N–H and O–H groups in total. The predicted molar refractivity (Wildman–Crippen MR) is 73.6 cm³/mol. The third-order valence-electron chi connectivity index (χ3n) is 2.33. The van der Waals surface area contributed by atoms with Crippen LogP contribution in [0.3, 0.4) is 0 Å². The third kappa shape index (κ3) is 4.69. The summed E-state index contributed by atoms with van der Waals surface area (Å²) in [5, 5.41) is 3.10. The van der Waals surface area contributed by atoms with Crippen LogP contribution < -0.4 is 14.8 Å². The number of ether oxygens (including phenoxy) is 3. The van der Waals surface area contributed by atoms with Crippen molar-refractivity contribution in [2.45, 2.75) is 33.4 Å². The Morgan fingerprint density at radius 1 is 1.16 bits per heavy atom. The molecule has 0 amide bonds. The molecule has 0 aliphatic heterocycles. The van der Waals surface area contributed by atoms with Crippen LogP contribution >= 0.6 is 0 Å². The van der Waals surface area contributed by atoms with Crippen molar-refractivity contribution in [3.8, 4) is 11.5 Å². The van der Waals surface area contributed by atoms with Gasteiger partial charge in [0.05, 0.1) is 13.2 Å². The van der Waals surface area contributed by atoms with Crippen molar-refractivity contribution in [1.82, 2.24) is 0 Å². The van der Waals surface area contributed by atoms with Gasteiger partial charge in [-0.05, 0) is 39.8 Å². The van der Waals surface area contributed by atoms with Gasteiger partial charge in [0.25, 0.3) is 6.47 Å². The van der Waals surface area contributed by atoms with Gasteiger partial charge in [0, 0.05) is 11.8 Å². The number of hydrogen-bond acceptors (Lipinski definition) is 5. The number of nitrogens with one attached hydrogen (secondary N) is 1. The maximum atomic E-state index is 10.4. The SMILES string of the molecule is CCOc1ccc(NC(C)(C)OC=O)cc1OCC. The monoisotopic (exact) mass is 267 g/mol. The lowest BCUT2D eigenvalue weighted by Crippen LogP contribution is -2.33. The zero-order chi connectivity index (χ0) is 14.3. The summed E-state index contributed by atoms with van der Waals surface area (Å²) in [7, 11) is 0. The van der Waals surface area contributed by atoms with E-state index in [0.717, 1.165) is 5.69 Å². The summed E-state index contributed by atoms with van der Waals surface area (Å²) >= 11 is 0. The maximum Gasteiger partial charge on any atom is 0.295 e. The molecule has 5 heteroatoms. The van der Waals surface area contributed by atoms with Crippen LogP contribution in [-0.4, -0.2) is 25.4 Å². The van der Waals surface area contributed by atoms with Crippen molar-refractivity contribution in [3.63, 3.8) is 0 Å². The summed E-state index contributed by atoms with van der Waals surface area (Å²) in [6, 6.07) is 5.50. The van der Waals surface area contributed by atoms with E-state index in [1.165, 1.54) is 0 Å². The lowest BCUT2D eigenvalue weighted by atomic mass is 10.2. The highest BCUT2D eigenvalue weighted by Gasteiger charge is 2.18. The number of benzene rings is 1. The minimum absolute atomic E-state index is 0.422. The van der Waals surface area contributed by atoms with Gasteiger partial charge in [0.15, 0.2) is 17.2 Å². The van der Waals surface area contributed by atoms with Crippen LogP contribution in [0.15, 0.2) is 18.2 Å². The molecule has 0 saturated heterocycles. The highest BCUT2D eigenvalue weighted by Crippen LogP contribution is 2.31. The van der Waals surface area contributed by atoms with E-state index < -0.39 is 5.72 Å². The second-order valence-corrected chi connectivity index (χ2v) is 4.38. The first-order chi connectivity index (χ1) is 9.02. The van der Waals surface area contributed by atoms with Crippen molar-refractivity contribution >= 4 is 12.2 Å². The molecule has 1 aromatic rings. The molecule has 1 rings (SSSR count). The molecule has 0 saturated carbocycles. The average Bonchev–Trinajstić information content (AvgIpc) is 2.32. The molecule has 0 aromatic heterocycles. The molecular weight excluding hydrogens is 246 g/mol. The maximum absolute atomic E-state index is 10.4. The Morgan fingerprint density at radius 3 is 2.37 bits per heavy atom. The van der Waals surface area contributed by atoms with E-state index in [2.05, 4.69) is 5.32 Å². The normalized spacial score (nSPS) is 10.7. The lowest BCUT2D eigenvalue weighted by Gasteiger charge is -2.25. The second-order valence-electron chi connectivity index (χ2n) is 4.38. The Balaban J connectivity index is 2.91. The molecule has 0 atom stereocenters. The first kappa shape index (κ1) is 15.1. The Kier molecular flexibility index (Phi) is 5.48. The minimum Gasteiger partial charge on any atom is -0.490 e. The van der Waals surface area contributed by atoms with Crippen LogP contribution in [0.5, 0.6) is 11.5 Å². The van der Waals surface area contributed by atoms with E-state index in [1.54, 1.807) is 13.8 Å². The van der Waals surface area contributed by atoms with E-state index in [9.17, 15) is 4.79 Å². The smallest absolute Gasteiger partial charge is 0.295 e. The number of hydrogen-bond donors (Lipinski definition) is 1. The molecule has 0 aliphatic carbocycles. The number of anilines is 1. The third-order valence-corrected chi connectivity index (χ3v) is 2.33. The van der Waals surface area contributed by atoms with E-state index >= 15 is 0 Å². The van der Waals surface area contributed by atoms with Crippen molar-refractivity contribution in [2.24, 2.45) is 0 Å². The molecule has 0 spiro atoms. The Hall–Kier alpha value is -1.91. The zero-order valence-electron chi connectivity index (χ0n) is 11.9. The number of carbonyl (C=O) groups is 1. The van der Waals surface area contributed by atoms with Crippen molar-refractivity contribution in [1.29, 1.82) is 0 Å². The number of rotatable bonds is 8. The molecular formula is C14H21NO4. The Morgan fingerprint density at radius 2 is 1.79 bits per heavy atom. The van der Waals surface area contributed by atoms with Gasteiger partial charge >= 0.3 is 0 Å². The van der Waals surface area contributed by atoms with E-state index in [0.29, 0.717) is 31.2 Å². The first-order valence-corrected chi connectivity index (χ1v) is 6.31. The first-order valence-electron chi connectivity index (χ1n) is 6.31. The van der Waals surface area contributed by atoms with Crippen LogP contribution in [0.1, 0.15) is 27.7 Å². The van der Waals surface area contributed by atoms with Gasteiger partial charge < -0.3 is 19.5 Å². The lowest BCUT2D eigenvalue weighted by molar-refractivity contribution is -0.137. The van der Waals surface area contributed by atoms with Crippen LogP contribution in [0.25, 0.3) is 0 Å². The summed E-state index contributed by atoms with van der Waals surface area (Å²) in [6.45, 7) is 8.91. The topological polar surface area (TPSA) is 56.8 Å². The van der Waals surface area contributed by atoms with Crippen LogP contribution in [0.2, 0.25) is 0 Å². The molecule has 0 heterocycles. The predicted octanol–water partition coefficient (Wildman–Crippen LogP) is 2.81. The highest BCUT2D eigenvalue weighted by atomic mass is 16.6. The molecule has 0 radical (unpaired) electrons. The van der Waals surface area contributed by atoms with Gasteiger partial charge in [-0.1, -0.05) is 0 Å². The molecule has 0 fully saturated rings. The van der Waals surface area contributed by atoms with Gasteiger partial charge in [-0.15, -0.1) is 0 Å². The van der Waals surface area contributed by atoms with E-state index in [-0.39, 0.29) is 0 Å². The summed E-state index contributed by atoms with van der Waals surface area (Å²) in [6.07, 6.45) is 0. The van der Waals surface area contributed by atoms with Crippen LogP contribution in [0.4, 0.5) is 5.69 Å². The fourth-order valence-electron chi connectivity index (χ4n) is 1.63. The van der Waals surface area contributed by atoms with Crippen molar-refractivity contribution < 1.29 is 19.0 Å². The van der Waals surface area contributed by atoms with E-state index in [1.807, 2.05) is 32.0 Å². The van der Waals surface area contributed by atoms with Gasteiger partial charge in [-0.3, -0.25) is 4.79 Å². The Bertz CT molecular complexity index is 418. The largest absolute Gasteiger partial charge is 0.490 e. The molecule has 1 aromatic carbocycles. The Labute approximate surface area is 113 Å². The summed E-state index contributed by atoms with van der Waals surface area (Å²) in [5.74, 6) is 1.36. The molecule has 0 unspecified atom stereocenters. The standard InChI is InChI=1S/C14H21NO4/c1-5-17-12-8-7-11(9-13(12)18-6-2)15-14(3,4)19-10-16/h7-10,15H,5-6H2,1-4H3. The van der Waals surface area contributed by atoms with Crippen molar-refractivity contribution in [2.75, 3.05) is 18.5 Å². The number of carbonyl (C=O) groups excluding carboxylic acids is 1. The molecule has 5 nitrogen and oxygen atoms in total. The van der Waals surface area contributed by atoms with Gasteiger partial charge in [-0.25, -0.2) is 0 Å². The quantitative estimate of drug-likeness (QED) is 0.580. The molecule has 0 bridgehead atoms. The van der Waals surface area contributed by atoms with Crippen LogP contribution in [0, 0.1) is 0 Å². The van der Waals surface area contributed by atoms with Gasteiger partial charge in [0.2, 0.25) is 0 Å².